The fourth-order valence-corrected chi connectivity index (χ4v) is 2.76. The molecule has 1 N–H and O–H groups in total. The van der Waals surface area contributed by atoms with Crippen LogP contribution in [0.2, 0.25) is 0 Å². The number of thiophene rings is 1. The Labute approximate surface area is 119 Å². The third kappa shape index (κ3) is 3.43. The highest BCUT2D eigenvalue weighted by Gasteiger charge is 2.08. The SMILES string of the molecule is Cc1ccc(Br)cc1C(=O)NCCc1cccs1. The molecule has 0 spiro atoms. The number of nitrogens with one attached hydrogen (secondary N) is 1. The summed E-state index contributed by atoms with van der Waals surface area (Å²) in [6, 6.07) is 9.85. The molecule has 2 rings (SSSR count). The average Bonchev–Trinajstić information content (AvgIpc) is 2.85. The summed E-state index contributed by atoms with van der Waals surface area (Å²) in [5.74, 6) is -0.00893. The van der Waals surface area contributed by atoms with Gasteiger partial charge < -0.3 is 5.32 Å². The Kier molecular flexibility index (Phi) is 4.55. The summed E-state index contributed by atoms with van der Waals surface area (Å²) in [5, 5.41) is 5.00. The Morgan fingerprint density at radius 3 is 2.94 bits per heavy atom. The van der Waals surface area contributed by atoms with E-state index >= 15 is 0 Å². The maximum Gasteiger partial charge on any atom is 0.251 e. The standard InChI is InChI=1S/C14H14BrNOS/c1-10-4-5-11(15)9-13(10)14(17)16-7-6-12-3-2-8-18-12/h2-5,8-9H,6-7H2,1H3,(H,16,17). The molecule has 4 heteroatoms. The number of rotatable bonds is 4. The van der Waals surface area contributed by atoms with Crippen molar-refractivity contribution < 1.29 is 4.79 Å². The molecule has 0 saturated heterocycles. The fraction of sp³-hybridized carbons (Fsp3) is 0.214. The molecule has 1 heterocycles. The molecule has 0 unspecified atom stereocenters. The highest BCUT2D eigenvalue weighted by molar-refractivity contribution is 9.10. The van der Waals surface area contributed by atoms with Gasteiger partial charge in [0.25, 0.3) is 5.91 Å². The molecule has 2 aromatic rings. The predicted molar refractivity (Wildman–Crippen MR) is 79.2 cm³/mol. The van der Waals surface area contributed by atoms with Crippen molar-refractivity contribution in [3.8, 4) is 0 Å². The van der Waals surface area contributed by atoms with Crippen molar-refractivity contribution in [2.24, 2.45) is 0 Å². The lowest BCUT2D eigenvalue weighted by Crippen LogP contribution is -2.26. The second-order valence-corrected chi connectivity index (χ2v) is 5.99. The van der Waals surface area contributed by atoms with E-state index in [1.807, 2.05) is 31.2 Å². The molecule has 0 atom stereocenters. The van der Waals surface area contributed by atoms with Crippen molar-refractivity contribution in [2.45, 2.75) is 13.3 Å². The first-order valence-corrected chi connectivity index (χ1v) is 7.41. The van der Waals surface area contributed by atoms with Crippen LogP contribution in [0.25, 0.3) is 0 Å². The number of hydrogen-bond donors (Lipinski definition) is 1. The van der Waals surface area contributed by atoms with Gasteiger partial charge in [0, 0.05) is 21.5 Å². The third-order valence-electron chi connectivity index (χ3n) is 2.68. The van der Waals surface area contributed by atoms with Crippen molar-refractivity contribution in [1.82, 2.24) is 5.32 Å². The highest BCUT2D eigenvalue weighted by atomic mass is 79.9. The fourth-order valence-electron chi connectivity index (χ4n) is 1.69. The minimum Gasteiger partial charge on any atom is -0.352 e. The second-order valence-electron chi connectivity index (χ2n) is 4.04. The first kappa shape index (κ1) is 13.3. The van der Waals surface area contributed by atoms with Crippen LogP contribution in [0, 0.1) is 6.92 Å². The summed E-state index contributed by atoms with van der Waals surface area (Å²) in [6.45, 7) is 2.62. The van der Waals surface area contributed by atoms with E-state index in [0.717, 1.165) is 22.0 Å². The lowest BCUT2D eigenvalue weighted by molar-refractivity contribution is 0.0953. The van der Waals surface area contributed by atoms with Crippen molar-refractivity contribution in [1.29, 1.82) is 0 Å². The van der Waals surface area contributed by atoms with E-state index in [1.54, 1.807) is 11.3 Å². The molecular weight excluding hydrogens is 310 g/mol. The molecule has 2 nitrogen and oxygen atoms in total. The molecule has 1 aromatic heterocycles. The van der Waals surface area contributed by atoms with Crippen LogP contribution in [-0.4, -0.2) is 12.5 Å². The predicted octanol–water partition coefficient (Wildman–Crippen LogP) is 3.79. The number of amides is 1. The summed E-state index contributed by atoms with van der Waals surface area (Å²) in [4.78, 5) is 13.3. The van der Waals surface area contributed by atoms with Crippen LogP contribution >= 0.6 is 27.3 Å². The van der Waals surface area contributed by atoms with E-state index in [9.17, 15) is 4.79 Å². The molecular formula is C14H14BrNOS. The lowest BCUT2D eigenvalue weighted by Gasteiger charge is -2.07. The molecule has 0 radical (unpaired) electrons. The van der Waals surface area contributed by atoms with Gasteiger partial charge in [-0.1, -0.05) is 28.1 Å². The molecule has 1 aromatic carbocycles. The largest absolute Gasteiger partial charge is 0.352 e. The Bertz CT molecular complexity index is 537. The Morgan fingerprint density at radius 2 is 2.22 bits per heavy atom. The van der Waals surface area contributed by atoms with E-state index < -0.39 is 0 Å². The number of benzene rings is 1. The van der Waals surface area contributed by atoms with Crippen LogP contribution in [0.3, 0.4) is 0 Å². The molecule has 0 saturated carbocycles. The van der Waals surface area contributed by atoms with Crippen LogP contribution in [0.15, 0.2) is 40.2 Å². The summed E-state index contributed by atoms with van der Waals surface area (Å²) in [6.07, 6.45) is 0.885. The van der Waals surface area contributed by atoms with Gasteiger partial charge in [-0.3, -0.25) is 4.79 Å². The molecule has 0 aliphatic carbocycles. The average molecular weight is 324 g/mol. The van der Waals surface area contributed by atoms with Crippen LogP contribution in [0.1, 0.15) is 20.8 Å². The van der Waals surface area contributed by atoms with Gasteiger partial charge in [-0.25, -0.2) is 0 Å². The van der Waals surface area contributed by atoms with Gasteiger partial charge in [0.15, 0.2) is 0 Å². The van der Waals surface area contributed by atoms with E-state index in [2.05, 4.69) is 32.7 Å². The van der Waals surface area contributed by atoms with Crippen molar-refractivity contribution in [2.75, 3.05) is 6.54 Å². The maximum atomic E-state index is 12.0. The number of carbonyl (C=O) groups is 1. The Hall–Kier alpha value is -1.13. The molecule has 0 aliphatic rings. The number of aryl methyl sites for hydroxylation is 1. The quantitative estimate of drug-likeness (QED) is 0.911. The number of halogens is 1. The first-order chi connectivity index (χ1) is 8.66. The van der Waals surface area contributed by atoms with Gasteiger partial charge in [-0.15, -0.1) is 11.3 Å². The van der Waals surface area contributed by atoms with E-state index in [0.29, 0.717) is 6.54 Å². The lowest BCUT2D eigenvalue weighted by atomic mass is 10.1. The topological polar surface area (TPSA) is 29.1 Å². The van der Waals surface area contributed by atoms with Crippen LogP contribution in [0.5, 0.6) is 0 Å². The molecule has 18 heavy (non-hydrogen) atoms. The summed E-state index contributed by atoms with van der Waals surface area (Å²) in [7, 11) is 0. The van der Waals surface area contributed by atoms with Crippen molar-refractivity contribution in [3.63, 3.8) is 0 Å². The molecule has 0 fully saturated rings. The Morgan fingerprint density at radius 1 is 1.39 bits per heavy atom. The first-order valence-electron chi connectivity index (χ1n) is 5.73. The third-order valence-corrected chi connectivity index (χ3v) is 4.11. The molecule has 0 aliphatic heterocycles. The Balaban J connectivity index is 1.93. The van der Waals surface area contributed by atoms with E-state index in [-0.39, 0.29) is 5.91 Å². The van der Waals surface area contributed by atoms with E-state index in [1.165, 1.54) is 4.88 Å². The van der Waals surface area contributed by atoms with Crippen LogP contribution < -0.4 is 5.32 Å². The van der Waals surface area contributed by atoms with Gasteiger partial charge in [-0.2, -0.15) is 0 Å². The summed E-state index contributed by atoms with van der Waals surface area (Å²) >= 11 is 5.10. The minimum atomic E-state index is -0.00893. The van der Waals surface area contributed by atoms with Gasteiger partial charge in [-0.05, 0) is 42.5 Å². The zero-order valence-corrected chi connectivity index (χ0v) is 12.5. The minimum absolute atomic E-state index is 0.00893. The smallest absolute Gasteiger partial charge is 0.251 e. The number of hydrogen-bond acceptors (Lipinski definition) is 2. The maximum absolute atomic E-state index is 12.0. The van der Waals surface area contributed by atoms with Gasteiger partial charge >= 0.3 is 0 Å². The van der Waals surface area contributed by atoms with Gasteiger partial charge in [0.05, 0.1) is 0 Å². The highest BCUT2D eigenvalue weighted by Crippen LogP contribution is 2.16. The van der Waals surface area contributed by atoms with Crippen LogP contribution in [0.4, 0.5) is 0 Å². The molecule has 94 valence electrons. The summed E-state index contributed by atoms with van der Waals surface area (Å²) in [5.41, 5.74) is 1.72. The second kappa shape index (κ2) is 6.16. The van der Waals surface area contributed by atoms with Gasteiger partial charge in [0.1, 0.15) is 0 Å². The van der Waals surface area contributed by atoms with E-state index in [4.69, 9.17) is 0 Å². The van der Waals surface area contributed by atoms with Crippen LogP contribution in [-0.2, 0) is 6.42 Å². The number of carbonyl (C=O) groups excluding carboxylic acids is 1. The zero-order valence-electron chi connectivity index (χ0n) is 10.1. The van der Waals surface area contributed by atoms with Crippen molar-refractivity contribution in [3.05, 3.63) is 56.2 Å². The molecule has 1 amide bonds. The monoisotopic (exact) mass is 323 g/mol. The molecule has 0 bridgehead atoms. The van der Waals surface area contributed by atoms with Gasteiger partial charge in [0.2, 0.25) is 0 Å². The summed E-state index contributed by atoms with van der Waals surface area (Å²) < 4.78 is 0.927. The van der Waals surface area contributed by atoms with Crippen molar-refractivity contribution >= 4 is 33.2 Å². The normalized spacial score (nSPS) is 10.3. The zero-order chi connectivity index (χ0) is 13.0.